The largest absolute Gasteiger partial charge is 0.310 e. The summed E-state index contributed by atoms with van der Waals surface area (Å²) in [5, 5.41) is 9.13. The highest BCUT2D eigenvalue weighted by Gasteiger charge is 2.37. The number of fused-ring (bicyclic) bond motifs is 3. The number of allylic oxidation sites excluding steroid dienone is 1. The standard InChI is InChI=1S/C29H21N3S/c1-29(2)26-17-23(32(21-10-6-4-7-11-21)22-12-8-5-9-13-22)14-15-25(26)28-27(29)18-24(33-28)16-20(19-30)31-3/h4-18H,1-2H3/b20-16-. The zero-order valence-electron chi connectivity index (χ0n) is 18.4. The fourth-order valence-corrected chi connectivity index (χ4v) is 5.80. The van der Waals surface area contributed by atoms with Crippen molar-refractivity contribution in [1.29, 1.82) is 5.26 Å². The van der Waals surface area contributed by atoms with Crippen molar-refractivity contribution >= 4 is 34.5 Å². The van der Waals surface area contributed by atoms with E-state index < -0.39 is 0 Å². The van der Waals surface area contributed by atoms with Crippen LogP contribution >= 0.6 is 11.3 Å². The fraction of sp³-hybridized carbons (Fsp3) is 0.103. The van der Waals surface area contributed by atoms with E-state index in [1.807, 2.05) is 18.2 Å². The molecule has 5 rings (SSSR count). The average molecular weight is 444 g/mol. The number of anilines is 3. The molecule has 0 amide bonds. The summed E-state index contributed by atoms with van der Waals surface area (Å²) in [4.78, 5) is 7.76. The molecule has 1 aliphatic rings. The summed E-state index contributed by atoms with van der Waals surface area (Å²) < 4.78 is 0. The number of para-hydroxylation sites is 2. The maximum Gasteiger partial charge on any atom is 0.263 e. The second-order valence-corrected chi connectivity index (χ2v) is 9.59. The molecule has 0 aliphatic heterocycles. The van der Waals surface area contributed by atoms with Gasteiger partial charge in [-0.15, -0.1) is 11.3 Å². The zero-order chi connectivity index (χ0) is 23.0. The van der Waals surface area contributed by atoms with Crippen LogP contribution in [0.15, 0.2) is 90.6 Å². The summed E-state index contributed by atoms with van der Waals surface area (Å²) >= 11 is 1.65. The van der Waals surface area contributed by atoms with Gasteiger partial charge in [0.15, 0.2) is 0 Å². The highest BCUT2D eigenvalue weighted by atomic mass is 32.1. The average Bonchev–Trinajstić information content (AvgIpc) is 3.36. The van der Waals surface area contributed by atoms with Crippen molar-refractivity contribution < 1.29 is 0 Å². The molecule has 0 atom stereocenters. The topological polar surface area (TPSA) is 31.4 Å². The lowest BCUT2D eigenvalue weighted by molar-refractivity contribution is 0.662. The number of hydrogen-bond donors (Lipinski definition) is 0. The first-order chi connectivity index (χ1) is 16.0. The second kappa shape index (κ2) is 8.10. The van der Waals surface area contributed by atoms with Crippen molar-refractivity contribution in [3.63, 3.8) is 0 Å². The van der Waals surface area contributed by atoms with Gasteiger partial charge < -0.3 is 4.90 Å². The van der Waals surface area contributed by atoms with Gasteiger partial charge in [-0.2, -0.15) is 0 Å². The second-order valence-electron chi connectivity index (χ2n) is 8.51. The third-order valence-corrected chi connectivity index (χ3v) is 7.26. The minimum atomic E-state index is -0.173. The summed E-state index contributed by atoms with van der Waals surface area (Å²) in [6.07, 6.45) is 1.69. The molecule has 1 aromatic heterocycles. The van der Waals surface area contributed by atoms with E-state index in [1.165, 1.54) is 21.6 Å². The van der Waals surface area contributed by atoms with E-state index >= 15 is 0 Å². The molecule has 158 valence electrons. The molecule has 4 heteroatoms. The van der Waals surface area contributed by atoms with E-state index in [1.54, 1.807) is 17.4 Å². The maximum atomic E-state index is 9.13. The van der Waals surface area contributed by atoms with Crippen molar-refractivity contribution in [3.8, 4) is 16.5 Å². The van der Waals surface area contributed by atoms with Crippen molar-refractivity contribution in [2.75, 3.05) is 4.90 Å². The number of benzene rings is 3. The van der Waals surface area contributed by atoms with E-state index in [0.29, 0.717) is 0 Å². The predicted molar refractivity (Wildman–Crippen MR) is 137 cm³/mol. The first kappa shape index (κ1) is 20.8. The summed E-state index contributed by atoms with van der Waals surface area (Å²) in [5.41, 5.74) is 7.06. The molecular formula is C29H21N3S. The Labute approximate surface area is 198 Å². The van der Waals surface area contributed by atoms with E-state index in [9.17, 15) is 0 Å². The van der Waals surface area contributed by atoms with Gasteiger partial charge in [0.05, 0.1) is 12.6 Å². The van der Waals surface area contributed by atoms with Crippen LogP contribution in [0.1, 0.15) is 29.9 Å². The van der Waals surface area contributed by atoms with E-state index in [4.69, 9.17) is 11.8 Å². The van der Waals surface area contributed by atoms with Gasteiger partial charge >= 0.3 is 0 Å². The molecule has 0 bridgehead atoms. The molecule has 0 radical (unpaired) electrons. The minimum absolute atomic E-state index is 0.115. The molecule has 0 N–H and O–H groups in total. The maximum absolute atomic E-state index is 9.13. The highest BCUT2D eigenvalue weighted by Crippen LogP contribution is 2.54. The molecule has 3 nitrogen and oxygen atoms in total. The number of thiophene rings is 1. The van der Waals surface area contributed by atoms with Crippen LogP contribution in [0.5, 0.6) is 0 Å². The van der Waals surface area contributed by atoms with Gasteiger partial charge in [0.2, 0.25) is 0 Å². The number of nitriles is 1. The number of nitrogens with zero attached hydrogens (tertiary/aromatic N) is 3. The van der Waals surface area contributed by atoms with Crippen LogP contribution in [-0.2, 0) is 5.41 Å². The Balaban J connectivity index is 1.63. The normalized spacial score (nSPS) is 13.5. The van der Waals surface area contributed by atoms with Crippen molar-refractivity contribution in [2.24, 2.45) is 0 Å². The van der Waals surface area contributed by atoms with Crippen LogP contribution in [0, 0.1) is 17.9 Å². The van der Waals surface area contributed by atoms with Crippen molar-refractivity contribution in [2.45, 2.75) is 19.3 Å². The third kappa shape index (κ3) is 3.52. The van der Waals surface area contributed by atoms with Crippen LogP contribution in [0.3, 0.4) is 0 Å². The summed E-state index contributed by atoms with van der Waals surface area (Å²) in [7, 11) is 0. The zero-order valence-corrected chi connectivity index (χ0v) is 19.2. The van der Waals surface area contributed by atoms with Crippen molar-refractivity contribution in [3.05, 3.63) is 118 Å². The van der Waals surface area contributed by atoms with Crippen LogP contribution in [-0.4, -0.2) is 0 Å². The Bertz CT molecular complexity index is 1390. The van der Waals surface area contributed by atoms with Crippen molar-refractivity contribution in [1.82, 2.24) is 0 Å². The molecule has 0 unspecified atom stereocenters. The van der Waals surface area contributed by atoms with Crippen LogP contribution < -0.4 is 4.90 Å². The highest BCUT2D eigenvalue weighted by molar-refractivity contribution is 7.16. The Hall–Kier alpha value is -4.12. The quantitative estimate of drug-likeness (QED) is 0.235. The number of rotatable bonds is 4. The molecule has 0 saturated carbocycles. The molecule has 0 fully saturated rings. The van der Waals surface area contributed by atoms with E-state index in [2.05, 4.69) is 96.4 Å². The Morgan fingerprint density at radius 2 is 1.55 bits per heavy atom. The SMILES string of the molecule is [C-]#[N+]/C(C#N)=C\c1cc2c(s1)-c1ccc(N(c3ccccc3)c3ccccc3)cc1C2(C)C. The van der Waals surface area contributed by atoms with E-state index in [-0.39, 0.29) is 11.1 Å². The minimum Gasteiger partial charge on any atom is -0.310 e. The van der Waals surface area contributed by atoms with Crippen LogP contribution in [0.2, 0.25) is 0 Å². The van der Waals surface area contributed by atoms with Gasteiger partial charge in [-0.3, -0.25) is 0 Å². The lowest BCUT2D eigenvalue weighted by Crippen LogP contribution is -2.16. The van der Waals surface area contributed by atoms with Crippen LogP contribution in [0.25, 0.3) is 21.4 Å². The Kier molecular flexibility index (Phi) is 5.09. The van der Waals surface area contributed by atoms with Gasteiger partial charge in [-0.25, -0.2) is 10.1 Å². The predicted octanol–water partition coefficient (Wildman–Crippen LogP) is 8.31. The van der Waals surface area contributed by atoms with Gasteiger partial charge in [0, 0.05) is 32.2 Å². The number of hydrogen-bond acceptors (Lipinski definition) is 3. The molecular weight excluding hydrogens is 422 g/mol. The summed E-state index contributed by atoms with van der Waals surface area (Å²) in [5.74, 6) is 0. The fourth-order valence-electron chi connectivity index (χ4n) is 4.50. The summed E-state index contributed by atoms with van der Waals surface area (Å²) in [6, 6.07) is 31.6. The van der Waals surface area contributed by atoms with Crippen LogP contribution in [0.4, 0.5) is 17.1 Å². The molecule has 1 heterocycles. The van der Waals surface area contributed by atoms with E-state index in [0.717, 1.165) is 21.9 Å². The lowest BCUT2D eigenvalue weighted by Gasteiger charge is -2.28. The van der Waals surface area contributed by atoms with Gasteiger partial charge in [-0.1, -0.05) is 56.3 Å². The molecule has 3 aromatic carbocycles. The first-order valence-corrected chi connectivity index (χ1v) is 11.5. The van der Waals surface area contributed by atoms with Gasteiger partial charge in [-0.05, 0) is 65.2 Å². The Morgan fingerprint density at radius 3 is 2.12 bits per heavy atom. The monoisotopic (exact) mass is 443 g/mol. The van der Waals surface area contributed by atoms with Gasteiger partial charge in [0.1, 0.15) is 0 Å². The molecule has 4 aromatic rings. The summed E-state index contributed by atoms with van der Waals surface area (Å²) in [6.45, 7) is 11.7. The molecule has 0 saturated heterocycles. The van der Waals surface area contributed by atoms with Gasteiger partial charge in [0.25, 0.3) is 5.70 Å². The Morgan fingerprint density at radius 1 is 0.909 bits per heavy atom. The third-order valence-electron chi connectivity index (χ3n) is 6.15. The molecule has 0 spiro atoms. The lowest BCUT2D eigenvalue weighted by atomic mass is 9.82. The molecule has 1 aliphatic carbocycles. The molecule has 33 heavy (non-hydrogen) atoms. The first-order valence-electron chi connectivity index (χ1n) is 10.7. The smallest absolute Gasteiger partial charge is 0.263 e.